The third-order valence-electron chi connectivity index (χ3n) is 6.78. The summed E-state index contributed by atoms with van der Waals surface area (Å²) in [7, 11) is 2.03. The van der Waals surface area contributed by atoms with E-state index in [2.05, 4.69) is 22.3 Å². The molecular formula is C27H35FN4O2. The molecule has 2 fully saturated rings. The molecule has 4 rings (SSSR count). The van der Waals surface area contributed by atoms with Gasteiger partial charge in [0, 0.05) is 44.0 Å². The Morgan fingerprint density at radius 2 is 1.82 bits per heavy atom. The maximum atomic E-state index is 14.5. The van der Waals surface area contributed by atoms with Crippen molar-refractivity contribution in [2.45, 2.75) is 32.2 Å². The molecule has 2 aromatic carbocycles. The van der Waals surface area contributed by atoms with Crippen molar-refractivity contribution in [3.8, 4) is 0 Å². The van der Waals surface area contributed by atoms with Crippen LogP contribution in [-0.2, 0) is 11.4 Å². The summed E-state index contributed by atoms with van der Waals surface area (Å²) in [6.45, 7) is 8.10. The lowest BCUT2D eigenvalue weighted by atomic mass is 10.1. The number of benzene rings is 2. The van der Waals surface area contributed by atoms with Gasteiger partial charge >= 0.3 is 0 Å². The van der Waals surface area contributed by atoms with Gasteiger partial charge in [-0.15, -0.1) is 0 Å². The maximum absolute atomic E-state index is 14.5. The first kappa shape index (κ1) is 24.2. The van der Waals surface area contributed by atoms with Gasteiger partial charge in [-0.3, -0.25) is 15.1 Å². The highest BCUT2D eigenvalue weighted by Crippen LogP contribution is 2.26. The van der Waals surface area contributed by atoms with Crippen LogP contribution >= 0.6 is 0 Å². The molecule has 2 N–H and O–H groups in total. The summed E-state index contributed by atoms with van der Waals surface area (Å²) in [5, 5.41) is 3.40. The Morgan fingerprint density at radius 1 is 1.09 bits per heavy atom. The van der Waals surface area contributed by atoms with Crippen molar-refractivity contribution in [3.05, 3.63) is 71.6 Å². The van der Waals surface area contributed by atoms with Crippen LogP contribution in [0.3, 0.4) is 0 Å². The Hall–Kier alpha value is -2.90. The Labute approximate surface area is 201 Å². The van der Waals surface area contributed by atoms with Crippen molar-refractivity contribution in [3.63, 3.8) is 0 Å². The third kappa shape index (κ3) is 6.15. The highest BCUT2D eigenvalue weighted by molar-refractivity contribution is 5.94. The van der Waals surface area contributed by atoms with Gasteiger partial charge in [-0.1, -0.05) is 43.7 Å². The second-order valence-corrected chi connectivity index (χ2v) is 9.35. The Morgan fingerprint density at radius 3 is 2.59 bits per heavy atom. The number of carbonyl (C=O) groups is 1. The zero-order chi connectivity index (χ0) is 23.9. The van der Waals surface area contributed by atoms with E-state index >= 15 is 0 Å². The van der Waals surface area contributed by atoms with E-state index in [1.54, 1.807) is 17.0 Å². The number of hydroxylamine groups is 1. The smallest absolute Gasteiger partial charge is 0.256 e. The van der Waals surface area contributed by atoms with Crippen LogP contribution in [0.5, 0.6) is 0 Å². The molecule has 0 aromatic heterocycles. The van der Waals surface area contributed by atoms with Crippen molar-refractivity contribution in [1.82, 2.24) is 15.3 Å². The van der Waals surface area contributed by atoms with Gasteiger partial charge < -0.3 is 15.1 Å². The lowest BCUT2D eigenvalue weighted by Crippen LogP contribution is -2.47. The number of amides is 1. The largest absolute Gasteiger partial charge is 0.380 e. The summed E-state index contributed by atoms with van der Waals surface area (Å²) in [6, 6.07) is 12.6. The van der Waals surface area contributed by atoms with E-state index < -0.39 is 5.82 Å². The second kappa shape index (κ2) is 11.5. The molecule has 0 bridgehead atoms. The van der Waals surface area contributed by atoms with Crippen molar-refractivity contribution < 1.29 is 14.0 Å². The third-order valence-corrected chi connectivity index (χ3v) is 6.78. The van der Waals surface area contributed by atoms with Crippen LogP contribution < -0.4 is 10.8 Å². The summed E-state index contributed by atoms with van der Waals surface area (Å²) in [4.78, 5) is 22.5. The minimum atomic E-state index is -0.481. The average molecular weight is 467 g/mol. The summed E-state index contributed by atoms with van der Waals surface area (Å²) < 4.78 is 14.5. The van der Waals surface area contributed by atoms with Gasteiger partial charge in [0.05, 0.1) is 17.9 Å². The van der Waals surface area contributed by atoms with Crippen LogP contribution in [0, 0.1) is 11.7 Å². The summed E-state index contributed by atoms with van der Waals surface area (Å²) >= 11 is 0. The summed E-state index contributed by atoms with van der Waals surface area (Å²) in [5.41, 5.74) is 6.45. The molecule has 0 atom stereocenters. The average Bonchev–Trinajstić information content (AvgIpc) is 3.37. The molecular weight excluding hydrogens is 431 g/mol. The number of halogens is 1. The van der Waals surface area contributed by atoms with Crippen LogP contribution in [0.1, 0.15) is 47.2 Å². The molecule has 1 saturated carbocycles. The SMILES string of the molecule is C=C(NOCC1CCCC1)c1ccccc1NCc1ccc(F)c(C(=O)N2CCN(C)CC2)c1. The van der Waals surface area contributed by atoms with Gasteiger partial charge in [0.1, 0.15) is 5.82 Å². The van der Waals surface area contributed by atoms with Crippen LogP contribution in [0.4, 0.5) is 10.1 Å². The van der Waals surface area contributed by atoms with E-state index in [0.29, 0.717) is 37.9 Å². The normalized spacial score (nSPS) is 17.1. The predicted molar refractivity (Wildman–Crippen MR) is 134 cm³/mol. The Kier molecular flexibility index (Phi) is 8.19. The van der Waals surface area contributed by atoms with Gasteiger partial charge in [0.25, 0.3) is 5.91 Å². The molecule has 1 aliphatic heterocycles. The van der Waals surface area contributed by atoms with Crippen molar-refractivity contribution in [2.75, 3.05) is 45.2 Å². The molecule has 0 spiro atoms. The van der Waals surface area contributed by atoms with Crippen LogP contribution in [0.15, 0.2) is 49.0 Å². The van der Waals surface area contributed by atoms with E-state index in [9.17, 15) is 9.18 Å². The summed E-state index contributed by atoms with van der Waals surface area (Å²) in [6.07, 6.45) is 5.02. The Balaban J connectivity index is 1.37. The zero-order valence-corrected chi connectivity index (χ0v) is 20.0. The van der Waals surface area contributed by atoms with Gasteiger partial charge in [-0.25, -0.2) is 4.39 Å². The predicted octanol–water partition coefficient (Wildman–Crippen LogP) is 4.51. The number of anilines is 1. The van der Waals surface area contributed by atoms with Crippen LogP contribution in [-0.4, -0.2) is 55.5 Å². The van der Waals surface area contributed by atoms with Crippen molar-refractivity contribution >= 4 is 17.3 Å². The molecule has 0 unspecified atom stereocenters. The van der Waals surface area contributed by atoms with Gasteiger partial charge in [-0.05, 0) is 49.6 Å². The molecule has 6 nitrogen and oxygen atoms in total. The van der Waals surface area contributed by atoms with E-state index in [4.69, 9.17) is 4.84 Å². The molecule has 7 heteroatoms. The van der Waals surface area contributed by atoms with E-state index in [-0.39, 0.29) is 11.5 Å². The molecule has 2 aromatic rings. The molecule has 182 valence electrons. The number of para-hydroxylation sites is 1. The topological polar surface area (TPSA) is 56.8 Å². The fourth-order valence-corrected chi connectivity index (χ4v) is 4.60. The number of rotatable bonds is 9. The lowest BCUT2D eigenvalue weighted by Gasteiger charge is -2.32. The van der Waals surface area contributed by atoms with Crippen molar-refractivity contribution in [1.29, 1.82) is 0 Å². The van der Waals surface area contributed by atoms with E-state index in [0.717, 1.165) is 29.9 Å². The molecule has 0 radical (unpaired) electrons. The Bertz CT molecular complexity index is 998. The van der Waals surface area contributed by atoms with E-state index in [1.807, 2.05) is 31.3 Å². The molecule has 1 heterocycles. The maximum Gasteiger partial charge on any atom is 0.256 e. The standard InChI is InChI=1S/C27H35FN4O2/c1-20(30-34-19-21-7-3-4-8-21)23-9-5-6-10-26(23)29-18-22-11-12-25(28)24(17-22)27(33)32-15-13-31(2)14-16-32/h5-6,9-12,17,21,29-30H,1,3-4,7-8,13-16,18-19H2,2H3. The molecule has 1 saturated heterocycles. The second-order valence-electron chi connectivity index (χ2n) is 9.35. The lowest BCUT2D eigenvalue weighted by molar-refractivity contribution is 0.0514. The van der Waals surface area contributed by atoms with Gasteiger partial charge in [0.15, 0.2) is 0 Å². The minimum absolute atomic E-state index is 0.128. The number of nitrogens with zero attached hydrogens (tertiary/aromatic N) is 2. The van der Waals surface area contributed by atoms with Crippen LogP contribution in [0.2, 0.25) is 0 Å². The van der Waals surface area contributed by atoms with Gasteiger partial charge in [0.2, 0.25) is 0 Å². The number of carbonyl (C=O) groups excluding carboxylic acids is 1. The van der Waals surface area contributed by atoms with E-state index in [1.165, 1.54) is 31.7 Å². The molecule has 34 heavy (non-hydrogen) atoms. The number of hydrogen-bond acceptors (Lipinski definition) is 5. The van der Waals surface area contributed by atoms with Crippen molar-refractivity contribution in [2.24, 2.45) is 5.92 Å². The number of likely N-dealkylation sites (N-methyl/N-ethyl adjacent to an activating group) is 1. The zero-order valence-electron chi connectivity index (χ0n) is 20.0. The number of nitrogens with one attached hydrogen (secondary N) is 2. The first-order chi connectivity index (χ1) is 16.5. The monoisotopic (exact) mass is 466 g/mol. The first-order valence-electron chi connectivity index (χ1n) is 12.2. The van der Waals surface area contributed by atoms with Gasteiger partial charge in [-0.2, -0.15) is 0 Å². The molecule has 2 aliphatic rings. The number of hydrogen-bond donors (Lipinski definition) is 2. The summed E-state index contributed by atoms with van der Waals surface area (Å²) in [5.74, 6) is -0.107. The fourth-order valence-electron chi connectivity index (χ4n) is 4.60. The molecule has 1 amide bonds. The first-order valence-corrected chi connectivity index (χ1v) is 12.2. The number of piperazine rings is 1. The highest BCUT2D eigenvalue weighted by Gasteiger charge is 2.23. The highest BCUT2D eigenvalue weighted by atomic mass is 19.1. The minimum Gasteiger partial charge on any atom is -0.380 e. The quantitative estimate of drug-likeness (QED) is 0.533. The van der Waals surface area contributed by atoms with Crippen LogP contribution in [0.25, 0.3) is 5.70 Å². The molecule has 1 aliphatic carbocycles. The fraction of sp³-hybridized carbons (Fsp3) is 0.444.